The molecule has 0 radical (unpaired) electrons. The standard InChI is InChI=1S/C19H22N4O2/c1-3-6-18(24)21-12-17-22-16-9-5-10-20-19(16)23(17)13-14-7-4-8-15(11-14)25-2/h4-5,7-11H,3,6,12-13H2,1-2H3,(H,21,24). The highest BCUT2D eigenvalue weighted by Crippen LogP contribution is 2.18. The van der Waals surface area contributed by atoms with Crippen LogP contribution in [0, 0.1) is 0 Å². The number of hydrogen-bond donors (Lipinski definition) is 1. The van der Waals surface area contributed by atoms with Gasteiger partial charge in [-0.3, -0.25) is 4.79 Å². The molecule has 0 saturated heterocycles. The topological polar surface area (TPSA) is 69.0 Å². The lowest BCUT2D eigenvalue weighted by Gasteiger charge is -2.10. The summed E-state index contributed by atoms with van der Waals surface area (Å²) in [5.74, 6) is 1.64. The first-order valence-corrected chi connectivity index (χ1v) is 8.41. The van der Waals surface area contributed by atoms with Gasteiger partial charge in [0.2, 0.25) is 5.91 Å². The van der Waals surface area contributed by atoms with Crippen molar-refractivity contribution in [2.45, 2.75) is 32.9 Å². The fourth-order valence-electron chi connectivity index (χ4n) is 2.75. The van der Waals surface area contributed by atoms with Crippen LogP contribution in [0.5, 0.6) is 5.75 Å². The zero-order valence-corrected chi connectivity index (χ0v) is 14.5. The molecule has 0 unspecified atom stereocenters. The molecule has 1 amide bonds. The molecule has 0 aliphatic heterocycles. The third kappa shape index (κ3) is 3.96. The van der Waals surface area contributed by atoms with Crippen molar-refractivity contribution in [3.8, 4) is 5.75 Å². The van der Waals surface area contributed by atoms with Crippen molar-refractivity contribution in [2.24, 2.45) is 0 Å². The van der Waals surface area contributed by atoms with Crippen molar-refractivity contribution in [2.75, 3.05) is 7.11 Å². The van der Waals surface area contributed by atoms with E-state index in [-0.39, 0.29) is 5.91 Å². The number of benzene rings is 1. The molecule has 6 nitrogen and oxygen atoms in total. The second-order valence-electron chi connectivity index (χ2n) is 5.84. The van der Waals surface area contributed by atoms with Crippen molar-refractivity contribution < 1.29 is 9.53 Å². The van der Waals surface area contributed by atoms with E-state index in [0.29, 0.717) is 19.5 Å². The zero-order chi connectivity index (χ0) is 17.6. The van der Waals surface area contributed by atoms with Crippen molar-refractivity contribution in [1.29, 1.82) is 0 Å². The van der Waals surface area contributed by atoms with E-state index in [4.69, 9.17) is 4.74 Å². The van der Waals surface area contributed by atoms with Gasteiger partial charge in [-0.25, -0.2) is 9.97 Å². The van der Waals surface area contributed by atoms with Crippen LogP contribution in [0.4, 0.5) is 0 Å². The maximum atomic E-state index is 11.8. The van der Waals surface area contributed by atoms with E-state index < -0.39 is 0 Å². The smallest absolute Gasteiger partial charge is 0.220 e. The number of methoxy groups -OCH3 is 1. The molecule has 0 saturated carbocycles. The minimum Gasteiger partial charge on any atom is -0.497 e. The number of fused-ring (bicyclic) bond motifs is 1. The second-order valence-corrected chi connectivity index (χ2v) is 5.84. The summed E-state index contributed by atoms with van der Waals surface area (Å²) < 4.78 is 7.34. The number of aromatic nitrogens is 3. The maximum absolute atomic E-state index is 11.8. The average Bonchev–Trinajstić information content (AvgIpc) is 2.98. The normalized spacial score (nSPS) is 10.8. The fraction of sp³-hybridized carbons (Fsp3) is 0.316. The van der Waals surface area contributed by atoms with Gasteiger partial charge in [0, 0.05) is 12.6 Å². The summed E-state index contributed by atoms with van der Waals surface area (Å²) in [6, 6.07) is 11.7. The van der Waals surface area contributed by atoms with Crippen molar-refractivity contribution in [3.05, 3.63) is 54.0 Å². The van der Waals surface area contributed by atoms with Crippen LogP contribution in [0.1, 0.15) is 31.2 Å². The molecule has 0 atom stereocenters. The van der Waals surface area contributed by atoms with E-state index in [1.165, 1.54) is 0 Å². The molecule has 0 aliphatic rings. The summed E-state index contributed by atoms with van der Waals surface area (Å²) >= 11 is 0. The minimum atomic E-state index is 0.0374. The molecule has 25 heavy (non-hydrogen) atoms. The lowest BCUT2D eigenvalue weighted by molar-refractivity contribution is -0.121. The highest BCUT2D eigenvalue weighted by atomic mass is 16.5. The lowest BCUT2D eigenvalue weighted by Crippen LogP contribution is -2.24. The van der Waals surface area contributed by atoms with Gasteiger partial charge in [-0.2, -0.15) is 0 Å². The predicted octanol–water partition coefficient (Wildman–Crippen LogP) is 2.90. The molecular formula is C19H22N4O2. The molecule has 2 heterocycles. The predicted molar refractivity (Wildman–Crippen MR) is 96.4 cm³/mol. The Kier molecular flexibility index (Phi) is 5.28. The number of nitrogens with zero attached hydrogens (tertiary/aromatic N) is 3. The highest BCUT2D eigenvalue weighted by Gasteiger charge is 2.13. The monoisotopic (exact) mass is 338 g/mol. The summed E-state index contributed by atoms with van der Waals surface area (Å²) in [6.07, 6.45) is 3.10. The van der Waals surface area contributed by atoms with Crippen LogP contribution in [0.15, 0.2) is 42.6 Å². The molecule has 0 bridgehead atoms. The summed E-state index contributed by atoms with van der Waals surface area (Å²) in [5, 5.41) is 2.93. The fourth-order valence-corrected chi connectivity index (χ4v) is 2.75. The van der Waals surface area contributed by atoms with E-state index in [9.17, 15) is 4.79 Å². The molecule has 6 heteroatoms. The van der Waals surface area contributed by atoms with Gasteiger partial charge < -0.3 is 14.6 Å². The van der Waals surface area contributed by atoms with Gasteiger partial charge in [0.25, 0.3) is 0 Å². The number of carbonyl (C=O) groups excluding carboxylic acids is 1. The Morgan fingerprint density at radius 2 is 2.16 bits per heavy atom. The quantitative estimate of drug-likeness (QED) is 0.719. The van der Waals surface area contributed by atoms with Gasteiger partial charge in [-0.1, -0.05) is 19.1 Å². The van der Waals surface area contributed by atoms with Crippen molar-refractivity contribution >= 4 is 17.1 Å². The number of carbonyl (C=O) groups is 1. The number of ether oxygens (including phenoxy) is 1. The van der Waals surface area contributed by atoms with Gasteiger partial charge in [-0.05, 0) is 36.2 Å². The third-order valence-corrected chi connectivity index (χ3v) is 3.98. The largest absolute Gasteiger partial charge is 0.497 e. The Balaban J connectivity index is 1.91. The van der Waals surface area contributed by atoms with Crippen LogP contribution in [0.3, 0.4) is 0 Å². The first-order chi connectivity index (χ1) is 12.2. The molecule has 2 aromatic heterocycles. The van der Waals surface area contributed by atoms with Crippen LogP contribution in [0.25, 0.3) is 11.2 Å². The molecule has 1 aromatic carbocycles. The molecule has 0 fully saturated rings. The Bertz CT molecular complexity index is 873. The minimum absolute atomic E-state index is 0.0374. The number of amides is 1. The molecule has 3 rings (SSSR count). The van der Waals surface area contributed by atoms with Gasteiger partial charge in [0.15, 0.2) is 5.65 Å². The zero-order valence-electron chi connectivity index (χ0n) is 14.5. The SMILES string of the molecule is CCCC(=O)NCc1nc2cccnc2n1Cc1cccc(OC)c1. The number of nitrogens with one attached hydrogen (secondary N) is 1. The molecule has 0 aliphatic carbocycles. The highest BCUT2D eigenvalue weighted by molar-refractivity contribution is 5.76. The Hall–Kier alpha value is -2.89. The van der Waals surface area contributed by atoms with Crippen LogP contribution >= 0.6 is 0 Å². The summed E-state index contributed by atoms with van der Waals surface area (Å²) in [6.45, 7) is 2.99. The van der Waals surface area contributed by atoms with E-state index in [0.717, 1.165) is 34.7 Å². The number of hydrogen-bond acceptors (Lipinski definition) is 4. The molecular weight excluding hydrogens is 316 g/mol. The van der Waals surface area contributed by atoms with Crippen LogP contribution in [-0.4, -0.2) is 27.6 Å². The van der Waals surface area contributed by atoms with E-state index in [1.807, 2.05) is 47.9 Å². The van der Waals surface area contributed by atoms with Crippen LogP contribution in [-0.2, 0) is 17.9 Å². The summed E-state index contributed by atoms with van der Waals surface area (Å²) in [4.78, 5) is 20.9. The van der Waals surface area contributed by atoms with E-state index in [1.54, 1.807) is 13.3 Å². The van der Waals surface area contributed by atoms with E-state index >= 15 is 0 Å². The van der Waals surface area contributed by atoms with Gasteiger partial charge in [0.1, 0.15) is 17.1 Å². The van der Waals surface area contributed by atoms with E-state index in [2.05, 4.69) is 15.3 Å². The Morgan fingerprint density at radius 1 is 1.28 bits per heavy atom. The molecule has 0 spiro atoms. The maximum Gasteiger partial charge on any atom is 0.220 e. The Labute approximate surface area is 146 Å². The summed E-state index contributed by atoms with van der Waals surface area (Å²) in [5.41, 5.74) is 2.72. The lowest BCUT2D eigenvalue weighted by atomic mass is 10.2. The van der Waals surface area contributed by atoms with Gasteiger partial charge >= 0.3 is 0 Å². The van der Waals surface area contributed by atoms with Crippen molar-refractivity contribution in [1.82, 2.24) is 19.9 Å². The van der Waals surface area contributed by atoms with Crippen LogP contribution < -0.4 is 10.1 Å². The third-order valence-electron chi connectivity index (χ3n) is 3.98. The van der Waals surface area contributed by atoms with Crippen molar-refractivity contribution in [3.63, 3.8) is 0 Å². The van der Waals surface area contributed by atoms with Gasteiger partial charge in [0.05, 0.1) is 20.2 Å². The Morgan fingerprint density at radius 3 is 2.96 bits per heavy atom. The number of pyridine rings is 1. The number of rotatable bonds is 7. The first kappa shape index (κ1) is 17.0. The second kappa shape index (κ2) is 7.79. The summed E-state index contributed by atoms with van der Waals surface area (Å²) in [7, 11) is 1.65. The first-order valence-electron chi connectivity index (χ1n) is 8.41. The van der Waals surface area contributed by atoms with Crippen LogP contribution in [0.2, 0.25) is 0 Å². The average molecular weight is 338 g/mol. The number of imidazole rings is 1. The molecule has 3 aromatic rings. The molecule has 1 N–H and O–H groups in total. The van der Waals surface area contributed by atoms with Gasteiger partial charge in [-0.15, -0.1) is 0 Å². The molecule has 130 valence electrons.